The molecule has 184 valence electrons. The van der Waals surface area contributed by atoms with Crippen LogP contribution in [0.2, 0.25) is 0 Å². The van der Waals surface area contributed by atoms with Gasteiger partial charge in [-0.2, -0.15) is 0 Å². The molecule has 0 bridgehead atoms. The lowest BCUT2D eigenvalue weighted by Gasteiger charge is -2.42. The number of nitrogens with one attached hydrogen (secondary N) is 1. The highest BCUT2D eigenvalue weighted by Gasteiger charge is 2.49. The first-order valence-corrected chi connectivity index (χ1v) is 13.3. The van der Waals surface area contributed by atoms with Gasteiger partial charge in [0.15, 0.2) is 0 Å². The van der Waals surface area contributed by atoms with E-state index in [2.05, 4.69) is 15.6 Å². The topological polar surface area (TPSA) is 144 Å². The van der Waals surface area contributed by atoms with E-state index in [9.17, 15) is 23.1 Å². The van der Waals surface area contributed by atoms with Crippen LogP contribution in [-0.2, 0) is 24.2 Å². The van der Waals surface area contributed by atoms with Gasteiger partial charge in [-0.15, -0.1) is 5.10 Å². The van der Waals surface area contributed by atoms with E-state index in [-0.39, 0.29) is 37.8 Å². The van der Waals surface area contributed by atoms with Crippen LogP contribution in [0.5, 0.6) is 0 Å². The van der Waals surface area contributed by atoms with Crippen molar-refractivity contribution in [3.8, 4) is 0 Å². The molecular formula is C21H33N5O6S. The minimum Gasteiger partial charge on any atom is -0.391 e. The second-order valence-electron chi connectivity index (χ2n) is 10.9. The summed E-state index contributed by atoms with van der Waals surface area (Å²) in [5.74, 6) is -0.676. The van der Waals surface area contributed by atoms with Crippen molar-refractivity contribution in [3.05, 3.63) is 11.9 Å². The monoisotopic (exact) mass is 483 g/mol. The lowest BCUT2D eigenvalue weighted by atomic mass is 9.85. The number of carbonyl (C=O) groups is 2. The molecule has 3 atom stereocenters. The Hall–Kier alpha value is -2.05. The molecule has 2 aliphatic heterocycles. The third kappa shape index (κ3) is 5.22. The number of rotatable bonds is 7. The fourth-order valence-corrected chi connectivity index (χ4v) is 5.96. The Balaban J connectivity index is 1.56. The van der Waals surface area contributed by atoms with Crippen LogP contribution in [0.15, 0.2) is 6.20 Å². The van der Waals surface area contributed by atoms with Gasteiger partial charge < -0.3 is 20.1 Å². The van der Waals surface area contributed by atoms with Gasteiger partial charge in [-0.05, 0) is 18.3 Å². The number of aliphatic hydroxyl groups excluding tert-OH is 1. The van der Waals surface area contributed by atoms with Gasteiger partial charge in [-0.3, -0.25) is 9.59 Å². The average Bonchev–Trinajstić information content (AvgIpc) is 3.25. The highest BCUT2D eigenvalue weighted by Crippen LogP contribution is 2.40. The van der Waals surface area contributed by atoms with Crippen LogP contribution in [0.25, 0.3) is 0 Å². The molecule has 2 N–H and O–H groups in total. The molecular weight excluding hydrogens is 450 g/mol. The van der Waals surface area contributed by atoms with E-state index in [0.29, 0.717) is 5.92 Å². The lowest BCUT2D eigenvalue weighted by molar-refractivity contribution is -0.147. The number of likely N-dealkylation sites (tertiary alicyclic amines) is 1. The molecule has 0 unspecified atom stereocenters. The van der Waals surface area contributed by atoms with E-state index in [1.807, 2.05) is 20.8 Å². The molecule has 2 saturated heterocycles. The Morgan fingerprint density at radius 3 is 2.52 bits per heavy atom. The number of nitrogens with zero attached hydrogens (tertiary/aromatic N) is 4. The van der Waals surface area contributed by atoms with Gasteiger partial charge in [-0.25, -0.2) is 13.1 Å². The van der Waals surface area contributed by atoms with Crippen molar-refractivity contribution in [3.63, 3.8) is 0 Å². The van der Waals surface area contributed by atoms with Crippen molar-refractivity contribution in [1.29, 1.82) is 0 Å². The molecule has 12 heteroatoms. The third-order valence-corrected chi connectivity index (χ3v) is 7.47. The summed E-state index contributed by atoms with van der Waals surface area (Å²) >= 11 is 0. The standard InChI is InChI=1S/C21H33N5O6S/c1-20(2,3)17(26-9-15(23-24-26)13-5-6-13)19(29)25-8-14(27)7-16(25)18(28)22-21(10-32-11-21)12-33(4,30)31/h9,13-14,16-17,27H,5-8,10-12H2,1-4H3,(H,22,28)/t14-,16+,17-/m1/s1. The zero-order valence-corrected chi connectivity index (χ0v) is 20.3. The van der Waals surface area contributed by atoms with Gasteiger partial charge in [-0.1, -0.05) is 26.0 Å². The smallest absolute Gasteiger partial charge is 0.248 e. The van der Waals surface area contributed by atoms with Gasteiger partial charge in [0.1, 0.15) is 27.5 Å². The van der Waals surface area contributed by atoms with E-state index < -0.39 is 44.9 Å². The summed E-state index contributed by atoms with van der Waals surface area (Å²) in [4.78, 5) is 28.4. The van der Waals surface area contributed by atoms with Crippen molar-refractivity contribution in [2.75, 3.05) is 31.8 Å². The fourth-order valence-electron chi connectivity index (χ4n) is 4.71. The number of sulfone groups is 1. The highest BCUT2D eigenvalue weighted by molar-refractivity contribution is 7.90. The molecule has 3 fully saturated rings. The second kappa shape index (κ2) is 8.31. The summed E-state index contributed by atoms with van der Waals surface area (Å²) in [5.41, 5.74) is -0.679. The first-order valence-electron chi connectivity index (χ1n) is 11.3. The van der Waals surface area contributed by atoms with Gasteiger partial charge >= 0.3 is 0 Å². The van der Waals surface area contributed by atoms with Crippen LogP contribution in [0.4, 0.5) is 0 Å². The minimum atomic E-state index is -3.36. The van der Waals surface area contributed by atoms with E-state index in [4.69, 9.17) is 4.74 Å². The number of aromatic nitrogens is 3. The van der Waals surface area contributed by atoms with Crippen molar-refractivity contribution in [1.82, 2.24) is 25.2 Å². The Labute approximate surface area is 193 Å². The number of ether oxygens (including phenoxy) is 1. The molecule has 0 radical (unpaired) electrons. The van der Waals surface area contributed by atoms with E-state index in [1.165, 1.54) is 4.90 Å². The molecule has 1 aromatic heterocycles. The number of aliphatic hydroxyl groups is 1. The Bertz CT molecular complexity index is 1020. The van der Waals surface area contributed by atoms with E-state index in [1.54, 1.807) is 10.9 Å². The first-order chi connectivity index (χ1) is 15.3. The summed E-state index contributed by atoms with van der Waals surface area (Å²) in [5, 5.41) is 21.6. The zero-order chi connectivity index (χ0) is 24.2. The first kappa shape index (κ1) is 24.1. The summed E-state index contributed by atoms with van der Waals surface area (Å²) in [6, 6.07) is -1.63. The van der Waals surface area contributed by atoms with Crippen LogP contribution in [0.1, 0.15) is 57.7 Å². The average molecular weight is 484 g/mol. The molecule has 2 amide bonds. The summed E-state index contributed by atoms with van der Waals surface area (Å²) in [6.07, 6.45) is 4.26. The SMILES string of the molecule is CC(C)(C)[C@@H](C(=O)N1C[C@H](O)C[C@H]1C(=O)NC1(CS(C)(=O)=O)COC1)n1cc(C2CC2)nn1. The third-order valence-electron chi connectivity index (χ3n) is 6.39. The van der Waals surface area contributed by atoms with Crippen molar-refractivity contribution in [2.24, 2.45) is 5.41 Å². The van der Waals surface area contributed by atoms with Gasteiger partial charge in [0, 0.05) is 31.3 Å². The predicted octanol–water partition coefficient (Wildman–Crippen LogP) is -0.366. The van der Waals surface area contributed by atoms with Gasteiger partial charge in [0.25, 0.3) is 0 Å². The van der Waals surface area contributed by atoms with Crippen LogP contribution >= 0.6 is 0 Å². The van der Waals surface area contributed by atoms with E-state index in [0.717, 1.165) is 24.8 Å². The minimum absolute atomic E-state index is 0.0171. The van der Waals surface area contributed by atoms with Crippen LogP contribution in [0, 0.1) is 5.41 Å². The number of amides is 2. The van der Waals surface area contributed by atoms with Crippen molar-refractivity contribution >= 4 is 21.7 Å². The van der Waals surface area contributed by atoms with Crippen molar-refractivity contribution in [2.45, 2.75) is 69.7 Å². The van der Waals surface area contributed by atoms with E-state index >= 15 is 0 Å². The number of β-amino-alcohol motifs (C(OH)–C–C–N with tert-alkyl or cyclic N) is 1. The van der Waals surface area contributed by atoms with Gasteiger partial charge in [0.2, 0.25) is 11.8 Å². The fraction of sp³-hybridized carbons (Fsp3) is 0.810. The molecule has 33 heavy (non-hydrogen) atoms. The van der Waals surface area contributed by atoms with Crippen molar-refractivity contribution < 1.29 is 27.9 Å². The number of carbonyl (C=O) groups excluding carboxylic acids is 2. The molecule has 1 aromatic rings. The van der Waals surface area contributed by atoms with Crippen LogP contribution in [0.3, 0.4) is 0 Å². The molecule has 11 nitrogen and oxygen atoms in total. The molecule has 0 spiro atoms. The maximum Gasteiger partial charge on any atom is 0.248 e. The molecule has 4 rings (SSSR count). The van der Waals surface area contributed by atoms with Crippen LogP contribution < -0.4 is 5.32 Å². The Kier molecular flexibility index (Phi) is 6.07. The normalized spacial score (nSPS) is 26.0. The second-order valence-corrected chi connectivity index (χ2v) is 13.0. The quantitative estimate of drug-likeness (QED) is 0.535. The Morgan fingerprint density at radius 2 is 2.00 bits per heavy atom. The molecule has 1 aliphatic carbocycles. The zero-order valence-electron chi connectivity index (χ0n) is 19.5. The van der Waals surface area contributed by atoms with Gasteiger partial charge in [0.05, 0.1) is 30.8 Å². The maximum atomic E-state index is 13.8. The molecule has 0 aromatic carbocycles. The highest BCUT2D eigenvalue weighted by atomic mass is 32.2. The summed E-state index contributed by atoms with van der Waals surface area (Å²) in [6.45, 7) is 5.95. The van der Waals surface area contributed by atoms with Crippen LogP contribution in [-0.4, -0.2) is 94.7 Å². The Morgan fingerprint density at radius 1 is 1.33 bits per heavy atom. The molecule has 3 heterocycles. The molecule has 1 saturated carbocycles. The number of hydrogen-bond donors (Lipinski definition) is 2. The molecule has 3 aliphatic rings. The predicted molar refractivity (Wildman–Crippen MR) is 118 cm³/mol. The maximum absolute atomic E-state index is 13.8. The lowest BCUT2D eigenvalue weighted by Crippen LogP contribution is -2.67. The summed E-state index contributed by atoms with van der Waals surface area (Å²) < 4.78 is 30.5. The largest absolute Gasteiger partial charge is 0.391 e. The number of hydrogen-bond acceptors (Lipinski definition) is 8. The summed E-state index contributed by atoms with van der Waals surface area (Å²) in [7, 11) is -3.36.